The number of carboxylic acids is 1. The summed E-state index contributed by atoms with van der Waals surface area (Å²) < 4.78 is 14.6. The van der Waals surface area contributed by atoms with Gasteiger partial charge in [-0.1, -0.05) is 6.92 Å². The molecule has 0 radical (unpaired) electrons. The zero-order valence-electron chi connectivity index (χ0n) is 12.2. The fourth-order valence-electron chi connectivity index (χ4n) is 3.29. The van der Waals surface area contributed by atoms with E-state index in [1.54, 1.807) is 0 Å². The van der Waals surface area contributed by atoms with E-state index in [9.17, 15) is 19.1 Å². The third-order valence-corrected chi connectivity index (χ3v) is 4.19. The quantitative estimate of drug-likeness (QED) is 0.948. The molecule has 1 aliphatic rings. The number of carboxylic acid groups (broad SMARTS) is 1. The minimum absolute atomic E-state index is 0.144. The lowest BCUT2D eigenvalue weighted by Crippen LogP contribution is -2.30. The molecule has 4 nitrogen and oxygen atoms in total. The van der Waals surface area contributed by atoms with E-state index in [4.69, 9.17) is 0 Å². The van der Waals surface area contributed by atoms with Gasteiger partial charge in [0.25, 0.3) is 5.56 Å². The van der Waals surface area contributed by atoms with E-state index in [2.05, 4.69) is 0 Å². The second-order valence-corrected chi connectivity index (χ2v) is 5.41. The largest absolute Gasteiger partial charge is 0.477 e. The van der Waals surface area contributed by atoms with Gasteiger partial charge in [-0.2, -0.15) is 0 Å². The number of fused-ring (bicyclic) bond motifs is 1. The second-order valence-electron chi connectivity index (χ2n) is 5.41. The van der Waals surface area contributed by atoms with Crippen LogP contribution >= 0.6 is 0 Å². The molecule has 0 saturated heterocycles. The lowest BCUT2D eigenvalue weighted by molar-refractivity contribution is 0.0693. The number of hydrogen-bond acceptors (Lipinski definition) is 2. The monoisotopic (exact) mass is 301 g/mol. The van der Waals surface area contributed by atoms with Crippen LogP contribution in [-0.2, 0) is 19.3 Å². The first-order chi connectivity index (χ1) is 10.5. The molecule has 0 saturated carbocycles. The van der Waals surface area contributed by atoms with Crippen LogP contribution in [0.4, 0.5) is 4.39 Å². The van der Waals surface area contributed by atoms with Crippen molar-refractivity contribution in [3.63, 3.8) is 0 Å². The number of benzene rings is 1. The molecule has 0 bridgehead atoms. The Balaban J connectivity index is 2.39. The van der Waals surface area contributed by atoms with Gasteiger partial charge in [-0.05, 0) is 61.1 Å². The lowest BCUT2D eigenvalue weighted by atomic mass is 10.0. The van der Waals surface area contributed by atoms with E-state index in [1.165, 1.54) is 28.8 Å². The van der Waals surface area contributed by atoms with Crippen LogP contribution in [0.3, 0.4) is 0 Å². The first-order valence-corrected chi connectivity index (χ1v) is 7.33. The van der Waals surface area contributed by atoms with Crippen molar-refractivity contribution in [2.45, 2.75) is 32.6 Å². The van der Waals surface area contributed by atoms with E-state index >= 15 is 0 Å². The molecule has 0 spiro atoms. The minimum atomic E-state index is -1.19. The Kier molecular flexibility index (Phi) is 3.56. The summed E-state index contributed by atoms with van der Waals surface area (Å²) in [7, 11) is 0. The van der Waals surface area contributed by atoms with Crippen LogP contribution in [-0.4, -0.2) is 15.6 Å². The maximum atomic E-state index is 13.1. The number of halogens is 1. The van der Waals surface area contributed by atoms with Crippen molar-refractivity contribution >= 4 is 5.97 Å². The molecule has 1 N–H and O–H groups in total. The van der Waals surface area contributed by atoms with Crippen LogP contribution in [0, 0.1) is 5.82 Å². The molecule has 0 amide bonds. The maximum Gasteiger partial charge on any atom is 0.341 e. The number of hydrogen-bond donors (Lipinski definition) is 1. The molecule has 0 fully saturated rings. The number of pyridine rings is 1. The Morgan fingerprint density at radius 1 is 1.23 bits per heavy atom. The van der Waals surface area contributed by atoms with Crippen LogP contribution in [0.15, 0.2) is 29.1 Å². The Morgan fingerprint density at radius 2 is 1.86 bits per heavy atom. The molecule has 1 aromatic heterocycles. The van der Waals surface area contributed by atoms with E-state index in [0.29, 0.717) is 24.1 Å². The standard InChI is InChI=1S/C17H16FNO3/c1-2-14-12-4-3-5-13(12)15(17(21)22)16(20)19(14)11-8-6-10(18)7-9-11/h6-9H,2-5H2,1H3,(H,21,22). The van der Waals surface area contributed by atoms with Gasteiger partial charge in [-0.25, -0.2) is 9.18 Å². The van der Waals surface area contributed by atoms with E-state index in [0.717, 1.165) is 24.1 Å². The summed E-state index contributed by atoms with van der Waals surface area (Å²) in [5, 5.41) is 9.44. The predicted molar refractivity (Wildman–Crippen MR) is 80.4 cm³/mol. The van der Waals surface area contributed by atoms with Gasteiger partial charge < -0.3 is 5.11 Å². The van der Waals surface area contributed by atoms with Gasteiger partial charge in [0.15, 0.2) is 0 Å². The molecule has 1 heterocycles. The van der Waals surface area contributed by atoms with Crippen LogP contribution < -0.4 is 5.56 Å². The molecule has 22 heavy (non-hydrogen) atoms. The number of nitrogens with zero attached hydrogens (tertiary/aromatic N) is 1. The summed E-state index contributed by atoms with van der Waals surface area (Å²) in [5.74, 6) is -1.59. The summed E-state index contributed by atoms with van der Waals surface area (Å²) in [6, 6.07) is 5.55. The zero-order valence-corrected chi connectivity index (χ0v) is 12.2. The first kappa shape index (κ1) is 14.5. The second kappa shape index (κ2) is 5.40. The third kappa shape index (κ3) is 2.13. The van der Waals surface area contributed by atoms with Crippen LogP contribution in [0.25, 0.3) is 5.69 Å². The highest BCUT2D eigenvalue weighted by atomic mass is 19.1. The van der Waals surface area contributed by atoms with E-state index in [1.807, 2.05) is 6.92 Å². The van der Waals surface area contributed by atoms with Gasteiger partial charge in [0.05, 0.1) is 0 Å². The van der Waals surface area contributed by atoms with Crippen LogP contribution in [0.2, 0.25) is 0 Å². The SMILES string of the molecule is CCc1c2c(c(C(=O)O)c(=O)n1-c1ccc(F)cc1)CCC2. The summed E-state index contributed by atoms with van der Waals surface area (Å²) in [6.07, 6.45) is 2.88. The van der Waals surface area contributed by atoms with Gasteiger partial charge >= 0.3 is 5.97 Å². The van der Waals surface area contributed by atoms with Gasteiger partial charge in [0, 0.05) is 11.4 Å². The van der Waals surface area contributed by atoms with Crippen molar-refractivity contribution in [2.75, 3.05) is 0 Å². The number of aromatic carboxylic acids is 1. The minimum Gasteiger partial charge on any atom is -0.477 e. The summed E-state index contributed by atoms with van der Waals surface area (Å²) in [4.78, 5) is 24.3. The number of carbonyl (C=O) groups is 1. The van der Waals surface area contributed by atoms with Crippen LogP contribution in [0.1, 0.15) is 40.5 Å². The third-order valence-electron chi connectivity index (χ3n) is 4.19. The fraction of sp³-hybridized carbons (Fsp3) is 0.294. The molecule has 1 aliphatic carbocycles. The van der Waals surface area contributed by atoms with Gasteiger partial charge in [0.2, 0.25) is 0 Å². The Labute approximate surface area is 126 Å². The molecule has 3 rings (SSSR count). The molecule has 0 aliphatic heterocycles. The fourth-order valence-corrected chi connectivity index (χ4v) is 3.29. The highest BCUT2D eigenvalue weighted by molar-refractivity contribution is 5.90. The Hall–Kier alpha value is -2.43. The summed E-state index contributed by atoms with van der Waals surface area (Å²) in [5.41, 5.74) is 2.29. The maximum absolute atomic E-state index is 13.1. The molecule has 5 heteroatoms. The Bertz CT molecular complexity index is 806. The van der Waals surface area contributed by atoms with Crippen LogP contribution in [0.5, 0.6) is 0 Å². The van der Waals surface area contributed by atoms with Gasteiger partial charge in [-0.15, -0.1) is 0 Å². The molecule has 114 valence electrons. The van der Waals surface area contributed by atoms with Crippen molar-refractivity contribution in [3.05, 3.63) is 62.8 Å². The molecule has 1 aromatic carbocycles. The summed E-state index contributed by atoms with van der Waals surface area (Å²) in [6.45, 7) is 1.94. The molecule has 2 aromatic rings. The average molecular weight is 301 g/mol. The Morgan fingerprint density at radius 3 is 2.45 bits per heavy atom. The van der Waals surface area contributed by atoms with E-state index < -0.39 is 17.3 Å². The van der Waals surface area contributed by atoms with Crippen molar-refractivity contribution in [1.29, 1.82) is 0 Å². The van der Waals surface area contributed by atoms with Gasteiger partial charge in [0.1, 0.15) is 11.4 Å². The highest BCUT2D eigenvalue weighted by Gasteiger charge is 2.28. The summed E-state index contributed by atoms with van der Waals surface area (Å²) >= 11 is 0. The molecule has 0 atom stereocenters. The zero-order chi connectivity index (χ0) is 15.9. The lowest BCUT2D eigenvalue weighted by Gasteiger charge is -2.18. The van der Waals surface area contributed by atoms with Crippen molar-refractivity contribution in [2.24, 2.45) is 0 Å². The van der Waals surface area contributed by atoms with Crippen molar-refractivity contribution < 1.29 is 14.3 Å². The number of aromatic nitrogens is 1. The average Bonchev–Trinajstić information content (AvgIpc) is 2.95. The molecule has 0 unspecified atom stereocenters. The van der Waals surface area contributed by atoms with Crippen molar-refractivity contribution in [3.8, 4) is 5.69 Å². The van der Waals surface area contributed by atoms with E-state index in [-0.39, 0.29) is 5.56 Å². The normalized spacial score (nSPS) is 13.2. The van der Waals surface area contributed by atoms with Crippen molar-refractivity contribution in [1.82, 2.24) is 4.57 Å². The molecular weight excluding hydrogens is 285 g/mol. The number of rotatable bonds is 3. The first-order valence-electron chi connectivity index (χ1n) is 7.33. The topological polar surface area (TPSA) is 59.3 Å². The highest BCUT2D eigenvalue weighted by Crippen LogP contribution is 2.28. The predicted octanol–water partition coefficient (Wildman–Crippen LogP) is 2.73. The van der Waals surface area contributed by atoms with Gasteiger partial charge in [-0.3, -0.25) is 9.36 Å². The molecular formula is C17H16FNO3. The smallest absolute Gasteiger partial charge is 0.341 e.